The largest absolute Gasteiger partial charge is 0.468 e. The van der Waals surface area contributed by atoms with Crippen LogP contribution < -0.4 is 5.32 Å². The van der Waals surface area contributed by atoms with Crippen molar-refractivity contribution in [3.8, 4) is 0 Å². The summed E-state index contributed by atoms with van der Waals surface area (Å²) in [6.07, 6.45) is 2.71. The summed E-state index contributed by atoms with van der Waals surface area (Å²) >= 11 is 5.42. The quantitative estimate of drug-likeness (QED) is 0.631. The Morgan fingerprint density at radius 3 is 2.85 bits per heavy atom. The first kappa shape index (κ1) is 15.3. The number of hydrogen-bond acceptors (Lipinski definition) is 4. The summed E-state index contributed by atoms with van der Waals surface area (Å²) in [5.74, 6) is 1.03. The Balaban J connectivity index is 1.64. The van der Waals surface area contributed by atoms with Crippen LogP contribution in [0.5, 0.6) is 0 Å². The van der Waals surface area contributed by atoms with Crippen LogP contribution in [-0.4, -0.2) is 61.4 Å². The van der Waals surface area contributed by atoms with Gasteiger partial charge in [-0.1, -0.05) is 0 Å². The molecular formula is C14H23N3O2S. The fourth-order valence-electron chi connectivity index (χ4n) is 2.26. The van der Waals surface area contributed by atoms with Crippen LogP contribution >= 0.6 is 12.2 Å². The summed E-state index contributed by atoms with van der Waals surface area (Å²) in [5, 5.41) is 4.15. The summed E-state index contributed by atoms with van der Waals surface area (Å²) < 4.78 is 10.4. The third-order valence-corrected chi connectivity index (χ3v) is 3.82. The minimum absolute atomic E-state index is 0.770. The molecule has 1 aliphatic rings. The van der Waals surface area contributed by atoms with Gasteiger partial charge in [0.15, 0.2) is 5.11 Å². The van der Waals surface area contributed by atoms with E-state index in [2.05, 4.69) is 15.1 Å². The SMILES string of the molecule is COCCCNC(=S)N1CCN(Cc2ccco2)CC1. The number of piperazine rings is 1. The highest BCUT2D eigenvalue weighted by atomic mass is 32.1. The van der Waals surface area contributed by atoms with Crippen molar-refractivity contribution < 1.29 is 9.15 Å². The average molecular weight is 297 g/mol. The molecule has 2 heterocycles. The summed E-state index contributed by atoms with van der Waals surface area (Å²) in [5.41, 5.74) is 0. The summed E-state index contributed by atoms with van der Waals surface area (Å²) in [4.78, 5) is 4.63. The molecule has 5 nitrogen and oxygen atoms in total. The lowest BCUT2D eigenvalue weighted by Crippen LogP contribution is -2.51. The van der Waals surface area contributed by atoms with E-state index in [9.17, 15) is 0 Å². The van der Waals surface area contributed by atoms with Crippen LogP contribution in [0.25, 0.3) is 0 Å². The molecule has 0 saturated carbocycles. The first-order valence-electron chi connectivity index (χ1n) is 7.06. The third kappa shape index (κ3) is 4.77. The van der Waals surface area contributed by atoms with Gasteiger partial charge in [-0.2, -0.15) is 0 Å². The van der Waals surface area contributed by atoms with Gasteiger partial charge < -0.3 is 19.4 Å². The van der Waals surface area contributed by atoms with Crippen LogP contribution in [0.2, 0.25) is 0 Å². The summed E-state index contributed by atoms with van der Waals surface area (Å²) in [6.45, 7) is 6.50. The van der Waals surface area contributed by atoms with Crippen molar-refractivity contribution in [3.63, 3.8) is 0 Å². The Labute approximate surface area is 125 Å². The van der Waals surface area contributed by atoms with Crippen molar-refractivity contribution in [1.29, 1.82) is 0 Å². The van der Waals surface area contributed by atoms with E-state index in [-0.39, 0.29) is 0 Å². The maximum atomic E-state index is 5.42. The summed E-state index contributed by atoms with van der Waals surface area (Å²) in [6, 6.07) is 3.96. The molecule has 1 fully saturated rings. The van der Waals surface area contributed by atoms with E-state index in [1.807, 2.05) is 12.1 Å². The van der Waals surface area contributed by atoms with Crippen LogP contribution in [0.3, 0.4) is 0 Å². The lowest BCUT2D eigenvalue weighted by molar-refractivity contribution is 0.164. The van der Waals surface area contributed by atoms with E-state index in [1.54, 1.807) is 13.4 Å². The van der Waals surface area contributed by atoms with Gasteiger partial charge in [-0.05, 0) is 30.8 Å². The van der Waals surface area contributed by atoms with Crippen LogP contribution in [0.1, 0.15) is 12.2 Å². The monoisotopic (exact) mass is 297 g/mol. The molecule has 0 atom stereocenters. The van der Waals surface area contributed by atoms with Crippen molar-refractivity contribution >= 4 is 17.3 Å². The fraction of sp³-hybridized carbons (Fsp3) is 0.643. The van der Waals surface area contributed by atoms with E-state index in [1.165, 1.54) is 0 Å². The lowest BCUT2D eigenvalue weighted by atomic mass is 10.3. The maximum absolute atomic E-state index is 5.42. The molecule has 1 aliphatic heterocycles. The Morgan fingerprint density at radius 2 is 2.20 bits per heavy atom. The molecular weight excluding hydrogens is 274 g/mol. The van der Waals surface area contributed by atoms with Crippen molar-refractivity contribution in [3.05, 3.63) is 24.2 Å². The maximum Gasteiger partial charge on any atom is 0.169 e. The zero-order valence-electron chi connectivity index (χ0n) is 12.0. The van der Waals surface area contributed by atoms with Gasteiger partial charge >= 0.3 is 0 Å². The molecule has 0 aromatic carbocycles. The number of ether oxygens (including phenoxy) is 1. The molecule has 1 saturated heterocycles. The van der Waals surface area contributed by atoms with Crippen molar-refractivity contribution in [2.24, 2.45) is 0 Å². The minimum atomic E-state index is 0.770. The number of rotatable bonds is 6. The van der Waals surface area contributed by atoms with Crippen LogP contribution in [0.4, 0.5) is 0 Å². The Kier molecular flexibility index (Phi) is 6.29. The standard InChI is InChI=1S/C14H23N3O2S/c1-18-10-3-5-15-14(20)17-8-6-16(7-9-17)12-13-4-2-11-19-13/h2,4,11H,3,5-10,12H2,1H3,(H,15,20). The molecule has 0 aliphatic carbocycles. The number of nitrogens with zero attached hydrogens (tertiary/aromatic N) is 2. The first-order valence-corrected chi connectivity index (χ1v) is 7.47. The molecule has 0 amide bonds. The minimum Gasteiger partial charge on any atom is -0.468 e. The topological polar surface area (TPSA) is 40.9 Å². The third-order valence-electron chi connectivity index (χ3n) is 3.42. The molecule has 112 valence electrons. The molecule has 0 unspecified atom stereocenters. The molecule has 2 rings (SSSR count). The van der Waals surface area contributed by atoms with E-state index in [4.69, 9.17) is 21.4 Å². The fourth-order valence-corrected chi connectivity index (χ4v) is 2.54. The highest BCUT2D eigenvalue weighted by Gasteiger charge is 2.19. The number of thiocarbonyl (C=S) groups is 1. The van der Waals surface area contributed by atoms with Gasteiger partial charge in [0.25, 0.3) is 0 Å². The van der Waals surface area contributed by atoms with E-state index >= 15 is 0 Å². The second-order valence-corrected chi connectivity index (χ2v) is 5.31. The zero-order valence-corrected chi connectivity index (χ0v) is 12.8. The highest BCUT2D eigenvalue weighted by molar-refractivity contribution is 7.80. The molecule has 0 spiro atoms. The van der Waals surface area contributed by atoms with Crippen molar-refractivity contribution in [1.82, 2.24) is 15.1 Å². The van der Waals surface area contributed by atoms with E-state index in [0.29, 0.717) is 0 Å². The smallest absolute Gasteiger partial charge is 0.169 e. The normalized spacial score (nSPS) is 16.4. The van der Waals surface area contributed by atoms with Gasteiger partial charge in [0.05, 0.1) is 12.8 Å². The lowest BCUT2D eigenvalue weighted by Gasteiger charge is -2.35. The van der Waals surface area contributed by atoms with Crippen molar-refractivity contribution in [2.45, 2.75) is 13.0 Å². The van der Waals surface area contributed by atoms with Gasteiger partial charge in [-0.25, -0.2) is 0 Å². The molecule has 1 aromatic heterocycles. The number of furan rings is 1. The predicted octanol–water partition coefficient (Wildman–Crippen LogP) is 1.31. The van der Waals surface area contributed by atoms with Crippen LogP contribution in [-0.2, 0) is 11.3 Å². The Morgan fingerprint density at radius 1 is 1.40 bits per heavy atom. The number of methoxy groups -OCH3 is 1. The Hall–Kier alpha value is -1.11. The number of nitrogens with one attached hydrogen (secondary N) is 1. The van der Waals surface area contributed by atoms with Gasteiger partial charge in [0.2, 0.25) is 0 Å². The van der Waals surface area contributed by atoms with Crippen molar-refractivity contribution in [2.75, 3.05) is 46.4 Å². The Bertz CT molecular complexity index is 389. The highest BCUT2D eigenvalue weighted by Crippen LogP contribution is 2.09. The zero-order chi connectivity index (χ0) is 14.2. The van der Waals surface area contributed by atoms with E-state index in [0.717, 1.165) is 63.2 Å². The molecule has 6 heteroatoms. The van der Waals surface area contributed by atoms with Crippen LogP contribution in [0, 0.1) is 0 Å². The second-order valence-electron chi connectivity index (χ2n) is 4.92. The van der Waals surface area contributed by atoms with Gasteiger partial charge in [-0.3, -0.25) is 4.90 Å². The molecule has 20 heavy (non-hydrogen) atoms. The van der Waals surface area contributed by atoms with E-state index < -0.39 is 0 Å². The molecule has 0 bridgehead atoms. The van der Waals surface area contributed by atoms with Gasteiger partial charge in [0.1, 0.15) is 5.76 Å². The molecule has 1 aromatic rings. The number of hydrogen-bond donors (Lipinski definition) is 1. The first-order chi connectivity index (χ1) is 9.79. The predicted molar refractivity (Wildman–Crippen MR) is 82.7 cm³/mol. The van der Waals surface area contributed by atoms with Crippen LogP contribution in [0.15, 0.2) is 22.8 Å². The second kappa shape index (κ2) is 8.24. The van der Waals surface area contributed by atoms with Gasteiger partial charge in [-0.15, -0.1) is 0 Å². The van der Waals surface area contributed by atoms with Gasteiger partial charge in [0, 0.05) is 46.4 Å². The molecule has 0 radical (unpaired) electrons. The molecule has 1 N–H and O–H groups in total. The summed E-state index contributed by atoms with van der Waals surface area (Å²) in [7, 11) is 1.72. The average Bonchev–Trinajstić information content (AvgIpc) is 2.97.